The van der Waals surface area contributed by atoms with E-state index < -0.39 is 17.2 Å². The summed E-state index contributed by atoms with van der Waals surface area (Å²) in [6, 6.07) is 5.85. The van der Waals surface area contributed by atoms with Crippen molar-refractivity contribution < 1.29 is 23.0 Å². The van der Waals surface area contributed by atoms with Crippen molar-refractivity contribution in [3.8, 4) is 11.9 Å². The summed E-state index contributed by atoms with van der Waals surface area (Å²) in [7, 11) is 0. The quantitative estimate of drug-likeness (QED) is 0.564. The van der Waals surface area contributed by atoms with Crippen LogP contribution in [-0.2, 0) is 11.6 Å². The first-order valence-corrected chi connectivity index (χ1v) is 10.2. The lowest BCUT2D eigenvalue weighted by Gasteiger charge is -2.41. The van der Waals surface area contributed by atoms with Gasteiger partial charge in [-0.3, -0.25) is 5.10 Å². The van der Waals surface area contributed by atoms with E-state index in [1.54, 1.807) is 25.1 Å². The molecule has 170 valence electrons. The number of rotatable bonds is 6. The molecule has 1 aromatic heterocycles. The highest BCUT2D eigenvalue weighted by Crippen LogP contribution is 2.53. The molecule has 0 radical (unpaired) electrons. The van der Waals surface area contributed by atoms with E-state index in [4.69, 9.17) is 15.6 Å². The van der Waals surface area contributed by atoms with Gasteiger partial charge in [0.25, 0.3) is 0 Å². The molecule has 0 amide bonds. The summed E-state index contributed by atoms with van der Waals surface area (Å²) in [5.41, 5.74) is 5.65. The van der Waals surface area contributed by atoms with Crippen LogP contribution in [0.5, 0.6) is 5.88 Å². The van der Waals surface area contributed by atoms with Crippen molar-refractivity contribution in [2.24, 2.45) is 11.7 Å². The number of nitrogens with one attached hydrogen (secondary N) is 1. The summed E-state index contributed by atoms with van der Waals surface area (Å²) in [6.07, 6.45) is -0.267. The minimum absolute atomic E-state index is 0.00716. The van der Waals surface area contributed by atoms with Crippen LogP contribution in [0.1, 0.15) is 54.6 Å². The van der Waals surface area contributed by atoms with Crippen molar-refractivity contribution >= 4 is 6.08 Å². The molecule has 0 fully saturated rings. The molecular weight excluding hydrogens is 421 g/mol. The molecule has 0 saturated heterocycles. The van der Waals surface area contributed by atoms with Gasteiger partial charge in [0.1, 0.15) is 11.6 Å². The number of aromatic nitrogens is 2. The van der Waals surface area contributed by atoms with Gasteiger partial charge in [-0.15, -0.1) is 5.10 Å². The van der Waals surface area contributed by atoms with Crippen molar-refractivity contribution in [3.63, 3.8) is 0 Å². The SMILES string of the molecule is Cc1[nH]nc2c1C(c1cc(C=CCCCO)cc(C(F)(F)F)c1)(C(C)C)C(C#N)=C(N)O2. The Hall–Kier alpha value is -3.25. The Bertz CT molecular complexity index is 1110. The maximum atomic E-state index is 13.9. The van der Waals surface area contributed by atoms with Crippen LogP contribution < -0.4 is 10.5 Å². The lowest BCUT2D eigenvalue weighted by atomic mass is 9.61. The fourth-order valence-corrected chi connectivity index (χ4v) is 4.33. The van der Waals surface area contributed by atoms with E-state index in [1.807, 2.05) is 13.8 Å². The maximum Gasteiger partial charge on any atom is 0.416 e. The van der Waals surface area contributed by atoms with Gasteiger partial charge >= 0.3 is 6.18 Å². The largest absolute Gasteiger partial charge is 0.420 e. The monoisotopic (exact) mass is 446 g/mol. The first kappa shape index (κ1) is 23.4. The van der Waals surface area contributed by atoms with Gasteiger partial charge < -0.3 is 15.6 Å². The molecule has 4 N–H and O–H groups in total. The third-order valence-corrected chi connectivity index (χ3v) is 5.71. The lowest BCUT2D eigenvalue weighted by molar-refractivity contribution is -0.137. The van der Waals surface area contributed by atoms with E-state index in [2.05, 4.69) is 16.3 Å². The second-order valence-electron chi connectivity index (χ2n) is 8.05. The topological polar surface area (TPSA) is 108 Å². The zero-order valence-electron chi connectivity index (χ0n) is 18.0. The molecule has 6 nitrogen and oxygen atoms in total. The molecule has 0 saturated carbocycles. The van der Waals surface area contributed by atoms with Gasteiger partial charge in [0.2, 0.25) is 11.8 Å². The second-order valence-corrected chi connectivity index (χ2v) is 8.05. The van der Waals surface area contributed by atoms with Crippen LogP contribution in [0.4, 0.5) is 13.2 Å². The molecular formula is C23H25F3N4O2. The summed E-state index contributed by atoms with van der Waals surface area (Å²) in [5, 5.41) is 25.9. The fourth-order valence-electron chi connectivity index (χ4n) is 4.33. The average molecular weight is 446 g/mol. The van der Waals surface area contributed by atoms with Crippen LogP contribution >= 0.6 is 0 Å². The molecule has 1 aromatic carbocycles. The molecule has 1 unspecified atom stereocenters. The first-order valence-electron chi connectivity index (χ1n) is 10.2. The molecule has 0 bridgehead atoms. The molecule has 1 aliphatic heterocycles. The number of alkyl halides is 3. The summed E-state index contributed by atoms with van der Waals surface area (Å²) in [4.78, 5) is 0. The number of halogens is 3. The predicted octanol–water partition coefficient (Wildman–Crippen LogP) is 4.55. The Morgan fingerprint density at radius 3 is 2.66 bits per heavy atom. The zero-order valence-corrected chi connectivity index (χ0v) is 18.0. The van der Waals surface area contributed by atoms with Crippen molar-refractivity contribution in [1.29, 1.82) is 5.26 Å². The minimum atomic E-state index is -4.59. The molecule has 32 heavy (non-hydrogen) atoms. The van der Waals surface area contributed by atoms with Gasteiger partial charge in [-0.2, -0.15) is 18.4 Å². The molecule has 3 rings (SSSR count). The highest BCUT2D eigenvalue weighted by Gasteiger charge is 2.51. The van der Waals surface area contributed by atoms with E-state index in [1.165, 1.54) is 0 Å². The Morgan fingerprint density at radius 1 is 1.34 bits per heavy atom. The summed E-state index contributed by atoms with van der Waals surface area (Å²) in [6.45, 7) is 5.37. The lowest BCUT2D eigenvalue weighted by Crippen LogP contribution is -2.41. The van der Waals surface area contributed by atoms with Crippen molar-refractivity contribution in [1.82, 2.24) is 10.2 Å². The number of aliphatic hydroxyl groups is 1. The van der Waals surface area contributed by atoms with Crippen LogP contribution in [-0.4, -0.2) is 21.9 Å². The summed E-state index contributed by atoms with van der Waals surface area (Å²) in [5.74, 6) is -0.396. The highest BCUT2D eigenvalue weighted by molar-refractivity contribution is 5.64. The van der Waals surface area contributed by atoms with E-state index in [9.17, 15) is 18.4 Å². The number of nitrogens with zero attached hydrogens (tertiary/aromatic N) is 2. The number of benzene rings is 1. The molecule has 9 heteroatoms. The third-order valence-electron chi connectivity index (χ3n) is 5.71. The summed E-state index contributed by atoms with van der Waals surface area (Å²) >= 11 is 0. The number of aryl methyl sites for hydroxylation is 1. The van der Waals surface area contributed by atoms with Crippen LogP contribution in [0.2, 0.25) is 0 Å². The van der Waals surface area contributed by atoms with E-state index in [-0.39, 0.29) is 35.4 Å². The number of nitriles is 1. The average Bonchev–Trinajstić information content (AvgIpc) is 3.09. The molecule has 0 spiro atoms. The van der Waals surface area contributed by atoms with Crippen molar-refractivity contribution in [2.75, 3.05) is 6.61 Å². The Labute approximate surface area is 184 Å². The number of unbranched alkanes of at least 4 members (excludes halogenated alkanes) is 1. The Balaban J connectivity index is 2.37. The molecule has 1 atom stereocenters. The number of ether oxygens (including phenoxy) is 1. The smallest absolute Gasteiger partial charge is 0.416 e. The second kappa shape index (κ2) is 8.71. The van der Waals surface area contributed by atoms with E-state index in [0.717, 1.165) is 12.1 Å². The number of nitrogens with two attached hydrogens (primary N) is 1. The number of hydrogen-bond donors (Lipinski definition) is 3. The van der Waals surface area contributed by atoms with Crippen LogP contribution in [0.15, 0.2) is 35.7 Å². The van der Waals surface area contributed by atoms with Crippen LogP contribution in [0.25, 0.3) is 6.08 Å². The predicted molar refractivity (Wildman–Crippen MR) is 113 cm³/mol. The molecule has 1 aliphatic rings. The molecule has 2 heterocycles. The van der Waals surface area contributed by atoms with E-state index >= 15 is 0 Å². The standard InChI is InChI=1S/C23H25F3N4O2/c1-13(2)22(18(12-27)20(28)32-21-19(22)14(3)29-30-21)16-9-15(7-5-4-6-8-31)10-17(11-16)23(24,25)26/h5,7,9-11,13,31H,4,6,8,28H2,1-3H3,(H,29,30). The highest BCUT2D eigenvalue weighted by atomic mass is 19.4. The van der Waals surface area contributed by atoms with Gasteiger partial charge in [-0.05, 0) is 48.9 Å². The number of allylic oxidation sites excluding steroid dienone is 2. The normalized spacial score (nSPS) is 18.7. The number of aliphatic hydroxyl groups excluding tert-OH is 1. The van der Waals surface area contributed by atoms with Gasteiger partial charge in [0.05, 0.1) is 16.5 Å². The van der Waals surface area contributed by atoms with Crippen molar-refractivity contribution in [3.05, 3.63) is 63.7 Å². The van der Waals surface area contributed by atoms with Gasteiger partial charge in [0, 0.05) is 12.3 Å². The fraction of sp³-hybridized carbons (Fsp3) is 0.391. The summed E-state index contributed by atoms with van der Waals surface area (Å²) < 4.78 is 47.1. The van der Waals surface area contributed by atoms with Crippen LogP contribution in [0.3, 0.4) is 0 Å². The van der Waals surface area contributed by atoms with Crippen LogP contribution in [0, 0.1) is 24.2 Å². The van der Waals surface area contributed by atoms with Gasteiger partial charge in [-0.1, -0.05) is 32.1 Å². The van der Waals surface area contributed by atoms with Gasteiger partial charge in [-0.25, -0.2) is 0 Å². The Kier molecular flexibility index (Phi) is 6.37. The molecule has 0 aliphatic carbocycles. The number of H-pyrrole nitrogens is 1. The number of fused-ring (bicyclic) bond motifs is 1. The number of hydrogen-bond acceptors (Lipinski definition) is 5. The number of aromatic amines is 1. The Morgan fingerprint density at radius 2 is 2.06 bits per heavy atom. The van der Waals surface area contributed by atoms with E-state index in [0.29, 0.717) is 29.7 Å². The van der Waals surface area contributed by atoms with Crippen molar-refractivity contribution in [2.45, 2.75) is 45.2 Å². The molecule has 2 aromatic rings. The third kappa shape index (κ3) is 3.86. The first-order chi connectivity index (χ1) is 15.1. The van der Waals surface area contributed by atoms with Gasteiger partial charge in [0.15, 0.2) is 0 Å². The zero-order chi connectivity index (χ0) is 23.7. The maximum absolute atomic E-state index is 13.9. The minimum Gasteiger partial charge on any atom is -0.420 e.